The van der Waals surface area contributed by atoms with Gasteiger partial charge in [0, 0.05) is 11.9 Å². The molecule has 90 valence electrons. The second kappa shape index (κ2) is 6.62. The molecule has 2 heterocycles. The van der Waals surface area contributed by atoms with Crippen LogP contribution in [0.2, 0.25) is 0 Å². The Balaban J connectivity index is 1.85. The van der Waals surface area contributed by atoms with Gasteiger partial charge in [-0.2, -0.15) is 11.8 Å². The molecule has 0 aliphatic carbocycles. The number of hydrogen-bond acceptors (Lipinski definition) is 4. The van der Waals surface area contributed by atoms with Crippen molar-refractivity contribution in [1.29, 1.82) is 0 Å². The summed E-state index contributed by atoms with van der Waals surface area (Å²) in [6.07, 6.45) is 5.27. The molecule has 16 heavy (non-hydrogen) atoms. The van der Waals surface area contributed by atoms with Crippen molar-refractivity contribution in [2.24, 2.45) is 0 Å². The molecule has 1 N–H and O–H groups in total. The lowest BCUT2D eigenvalue weighted by molar-refractivity contribution is 0.657. The quantitative estimate of drug-likeness (QED) is 0.815. The molecule has 0 amide bonds. The van der Waals surface area contributed by atoms with E-state index in [1.165, 1.54) is 42.1 Å². The minimum absolute atomic E-state index is 0.679. The van der Waals surface area contributed by atoms with E-state index in [0.717, 1.165) is 13.1 Å². The minimum atomic E-state index is 0.679. The summed E-state index contributed by atoms with van der Waals surface area (Å²) in [5.41, 5.74) is 1.22. The van der Waals surface area contributed by atoms with E-state index in [0.29, 0.717) is 5.25 Å². The molecule has 4 heteroatoms. The van der Waals surface area contributed by atoms with Crippen molar-refractivity contribution >= 4 is 23.1 Å². The molecular weight excluding hydrogens is 236 g/mol. The Morgan fingerprint density at radius 3 is 3.19 bits per heavy atom. The second-order valence-corrected chi connectivity index (χ2v) is 6.41. The lowest BCUT2D eigenvalue weighted by Gasteiger charge is -2.18. The highest BCUT2D eigenvalue weighted by atomic mass is 32.2. The van der Waals surface area contributed by atoms with Gasteiger partial charge in [0.15, 0.2) is 0 Å². The zero-order valence-electron chi connectivity index (χ0n) is 9.87. The number of thiazole rings is 1. The van der Waals surface area contributed by atoms with E-state index < -0.39 is 0 Å². The topological polar surface area (TPSA) is 24.9 Å². The lowest BCUT2D eigenvalue weighted by Crippen LogP contribution is -2.14. The van der Waals surface area contributed by atoms with Gasteiger partial charge in [0.25, 0.3) is 0 Å². The van der Waals surface area contributed by atoms with Crippen LogP contribution in [0.25, 0.3) is 0 Å². The van der Waals surface area contributed by atoms with Gasteiger partial charge in [-0.3, -0.25) is 0 Å². The maximum absolute atomic E-state index is 4.74. The third-order valence-corrected chi connectivity index (χ3v) is 5.30. The van der Waals surface area contributed by atoms with Gasteiger partial charge in [0.05, 0.1) is 10.9 Å². The molecule has 1 aromatic heterocycles. The van der Waals surface area contributed by atoms with E-state index in [-0.39, 0.29) is 0 Å². The molecule has 0 bridgehead atoms. The Labute approximate surface area is 106 Å². The molecule has 1 saturated heterocycles. The van der Waals surface area contributed by atoms with E-state index in [2.05, 4.69) is 29.4 Å². The predicted molar refractivity (Wildman–Crippen MR) is 73.2 cm³/mol. The average molecular weight is 256 g/mol. The van der Waals surface area contributed by atoms with E-state index in [4.69, 9.17) is 4.98 Å². The van der Waals surface area contributed by atoms with Crippen LogP contribution >= 0.6 is 23.1 Å². The molecule has 1 aromatic rings. The summed E-state index contributed by atoms with van der Waals surface area (Å²) >= 11 is 3.93. The Morgan fingerprint density at radius 2 is 2.44 bits per heavy atom. The Hall–Kier alpha value is -0.0600. The summed E-state index contributed by atoms with van der Waals surface area (Å²) in [4.78, 5) is 4.74. The molecule has 2 rings (SSSR count). The highest BCUT2D eigenvalue weighted by molar-refractivity contribution is 7.99. The molecule has 1 unspecified atom stereocenters. The molecule has 1 atom stereocenters. The molecule has 0 spiro atoms. The van der Waals surface area contributed by atoms with Crippen LogP contribution in [0.1, 0.15) is 48.6 Å². The van der Waals surface area contributed by atoms with Crippen LogP contribution in [-0.2, 0) is 6.54 Å². The molecule has 2 nitrogen and oxygen atoms in total. The Bertz CT molecular complexity index is 306. The fourth-order valence-corrected chi connectivity index (χ4v) is 4.27. The van der Waals surface area contributed by atoms with Crippen LogP contribution in [-0.4, -0.2) is 17.3 Å². The van der Waals surface area contributed by atoms with Crippen molar-refractivity contribution in [3.8, 4) is 0 Å². The van der Waals surface area contributed by atoms with Gasteiger partial charge in [0.2, 0.25) is 0 Å². The van der Waals surface area contributed by atoms with Crippen molar-refractivity contribution in [3.05, 3.63) is 16.1 Å². The zero-order chi connectivity index (χ0) is 11.2. The third-order valence-electron chi connectivity index (χ3n) is 2.76. The summed E-state index contributed by atoms with van der Waals surface area (Å²) in [5.74, 6) is 1.31. The highest BCUT2D eigenvalue weighted by Gasteiger charge is 2.18. The number of thioether (sulfide) groups is 1. The number of aromatic nitrogens is 1. The Kier molecular flexibility index (Phi) is 5.13. The summed E-state index contributed by atoms with van der Waals surface area (Å²) in [6.45, 7) is 4.21. The molecule has 1 fully saturated rings. The first-order valence-electron chi connectivity index (χ1n) is 6.16. The molecule has 1 aliphatic rings. The van der Waals surface area contributed by atoms with Crippen LogP contribution in [0, 0.1) is 0 Å². The van der Waals surface area contributed by atoms with Gasteiger partial charge in [-0.25, -0.2) is 4.98 Å². The molecular formula is C12H20N2S2. The van der Waals surface area contributed by atoms with Crippen molar-refractivity contribution in [2.45, 2.75) is 44.4 Å². The van der Waals surface area contributed by atoms with Gasteiger partial charge in [0.1, 0.15) is 5.01 Å². The molecule has 1 aliphatic heterocycles. The Morgan fingerprint density at radius 1 is 1.50 bits per heavy atom. The van der Waals surface area contributed by atoms with E-state index in [9.17, 15) is 0 Å². The number of nitrogens with one attached hydrogen (secondary N) is 1. The van der Waals surface area contributed by atoms with E-state index in [1.807, 2.05) is 11.3 Å². The van der Waals surface area contributed by atoms with Crippen molar-refractivity contribution in [1.82, 2.24) is 10.3 Å². The fraction of sp³-hybridized carbons (Fsp3) is 0.750. The number of nitrogens with zero attached hydrogens (tertiary/aromatic N) is 1. The van der Waals surface area contributed by atoms with Crippen LogP contribution in [0.3, 0.4) is 0 Å². The van der Waals surface area contributed by atoms with E-state index in [1.54, 1.807) is 0 Å². The van der Waals surface area contributed by atoms with Gasteiger partial charge in [-0.05, 0) is 31.6 Å². The fourth-order valence-electron chi connectivity index (χ4n) is 1.88. The molecule has 0 radical (unpaired) electrons. The SMILES string of the molecule is CCCNCc1csc(C2CCCCS2)n1. The predicted octanol–water partition coefficient (Wildman–Crippen LogP) is 3.60. The van der Waals surface area contributed by atoms with Crippen LogP contribution in [0.4, 0.5) is 0 Å². The molecule has 0 saturated carbocycles. The van der Waals surface area contributed by atoms with Crippen LogP contribution in [0.15, 0.2) is 5.38 Å². The smallest absolute Gasteiger partial charge is 0.106 e. The monoisotopic (exact) mass is 256 g/mol. The average Bonchev–Trinajstić information content (AvgIpc) is 2.79. The normalized spacial score (nSPS) is 21.2. The largest absolute Gasteiger partial charge is 0.311 e. The van der Waals surface area contributed by atoms with Gasteiger partial charge in [-0.1, -0.05) is 13.3 Å². The van der Waals surface area contributed by atoms with Gasteiger partial charge in [-0.15, -0.1) is 11.3 Å². The van der Waals surface area contributed by atoms with Gasteiger partial charge < -0.3 is 5.32 Å². The summed E-state index contributed by atoms with van der Waals surface area (Å²) in [7, 11) is 0. The first-order chi connectivity index (χ1) is 7.90. The van der Waals surface area contributed by atoms with Crippen molar-refractivity contribution in [3.63, 3.8) is 0 Å². The number of rotatable bonds is 5. The first kappa shape index (κ1) is 12.4. The summed E-state index contributed by atoms with van der Waals surface area (Å²) in [6, 6.07) is 0. The maximum Gasteiger partial charge on any atom is 0.106 e. The highest BCUT2D eigenvalue weighted by Crippen LogP contribution is 2.39. The zero-order valence-corrected chi connectivity index (χ0v) is 11.5. The van der Waals surface area contributed by atoms with Crippen molar-refractivity contribution < 1.29 is 0 Å². The first-order valence-corrected chi connectivity index (χ1v) is 8.09. The van der Waals surface area contributed by atoms with Gasteiger partial charge >= 0.3 is 0 Å². The van der Waals surface area contributed by atoms with E-state index >= 15 is 0 Å². The molecule has 0 aromatic carbocycles. The second-order valence-electron chi connectivity index (χ2n) is 4.21. The summed E-state index contributed by atoms with van der Waals surface area (Å²) < 4.78 is 0. The van der Waals surface area contributed by atoms with Crippen molar-refractivity contribution in [2.75, 3.05) is 12.3 Å². The third kappa shape index (κ3) is 3.47. The van der Waals surface area contributed by atoms with Crippen LogP contribution in [0.5, 0.6) is 0 Å². The summed E-state index contributed by atoms with van der Waals surface area (Å²) in [5, 5.41) is 7.65. The lowest BCUT2D eigenvalue weighted by atomic mass is 10.2. The van der Waals surface area contributed by atoms with Crippen LogP contribution < -0.4 is 5.32 Å². The maximum atomic E-state index is 4.74. The standard InChI is InChI=1S/C12H20N2S2/c1-2-6-13-8-10-9-16-12(14-10)11-5-3-4-7-15-11/h9,11,13H,2-8H2,1H3. The minimum Gasteiger partial charge on any atom is -0.311 e. The number of hydrogen-bond donors (Lipinski definition) is 1.